The topological polar surface area (TPSA) is 69.4 Å². The Labute approximate surface area is 106 Å². The van der Waals surface area contributed by atoms with E-state index in [2.05, 4.69) is 28.5 Å². The summed E-state index contributed by atoms with van der Waals surface area (Å²) in [5.41, 5.74) is 4.10. The first-order valence-electron chi connectivity index (χ1n) is 5.91. The maximum absolute atomic E-state index is 8.98. The highest BCUT2D eigenvalue weighted by Crippen LogP contribution is 2.15. The first-order chi connectivity index (χ1) is 8.63. The van der Waals surface area contributed by atoms with Crippen molar-refractivity contribution in [2.45, 2.75) is 26.4 Å². The zero-order valence-electron chi connectivity index (χ0n) is 10.9. The molecule has 0 spiro atoms. The van der Waals surface area contributed by atoms with Crippen molar-refractivity contribution in [1.29, 1.82) is 5.26 Å². The molecule has 0 amide bonds. The van der Waals surface area contributed by atoms with E-state index in [1.54, 1.807) is 0 Å². The van der Waals surface area contributed by atoms with Crippen LogP contribution >= 0.6 is 0 Å². The summed E-state index contributed by atoms with van der Waals surface area (Å²) in [6.45, 7) is 4.86. The number of H-pyrrole nitrogens is 1. The molecule has 5 heteroatoms. The third kappa shape index (κ3) is 2.29. The highest BCUT2D eigenvalue weighted by Gasteiger charge is 2.10. The Balaban J connectivity index is 2.05. The Morgan fingerprint density at radius 1 is 1.61 bits per heavy atom. The Kier molecular flexibility index (Phi) is 3.49. The largest absolute Gasteiger partial charge is 0.340 e. The van der Waals surface area contributed by atoms with E-state index in [9.17, 15) is 0 Å². The predicted molar refractivity (Wildman–Crippen MR) is 68.7 cm³/mol. The van der Waals surface area contributed by atoms with E-state index in [0.717, 1.165) is 23.4 Å². The van der Waals surface area contributed by atoms with Crippen LogP contribution in [0.25, 0.3) is 0 Å². The standard InChI is InChI=1S/C13H17N5/c1-9(12-7-16-17-8-12)15-6-11-4-13(5-14)18(3)10(11)2/h4,7-9,15H,6H2,1-3H3,(H,16,17). The Morgan fingerprint density at radius 3 is 2.94 bits per heavy atom. The van der Waals surface area contributed by atoms with Crippen molar-refractivity contribution < 1.29 is 0 Å². The minimum atomic E-state index is 0.230. The molecule has 0 saturated carbocycles. The summed E-state index contributed by atoms with van der Waals surface area (Å²) >= 11 is 0. The van der Waals surface area contributed by atoms with Gasteiger partial charge in [0.05, 0.1) is 6.20 Å². The number of nitrogens with zero attached hydrogens (tertiary/aromatic N) is 3. The van der Waals surface area contributed by atoms with Crippen LogP contribution in [0.15, 0.2) is 18.5 Å². The molecule has 18 heavy (non-hydrogen) atoms. The van der Waals surface area contributed by atoms with Crippen molar-refractivity contribution >= 4 is 0 Å². The van der Waals surface area contributed by atoms with Gasteiger partial charge in [0, 0.05) is 37.1 Å². The highest BCUT2D eigenvalue weighted by atomic mass is 15.1. The molecule has 0 aliphatic carbocycles. The summed E-state index contributed by atoms with van der Waals surface area (Å²) < 4.78 is 1.92. The fraction of sp³-hybridized carbons (Fsp3) is 0.385. The minimum absolute atomic E-state index is 0.230. The molecule has 0 fully saturated rings. The molecule has 0 aliphatic heterocycles. The number of hydrogen-bond donors (Lipinski definition) is 2. The first-order valence-corrected chi connectivity index (χ1v) is 5.91. The third-order valence-electron chi connectivity index (χ3n) is 3.37. The molecule has 0 saturated heterocycles. The van der Waals surface area contributed by atoms with Gasteiger partial charge in [0.25, 0.3) is 0 Å². The average molecular weight is 243 g/mol. The molecule has 1 unspecified atom stereocenters. The van der Waals surface area contributed by atoms with Crippen LogP contribution in [0.4, 0.5) is 0 Å². The number of aromatic nitrogens is 3. The van der Waals surface area contributed by atoms with Crippen LogP contribution < -0.4 is 5.32 Å². The van der Waals surface area contributed by atoms with Crippen molar-refractivity contribution in [3.63, 3.8) is 0 Å². The summed E-state index contributed by atoms with van der Waals surface area (Å²) in [4.78, 5) is 0. The second-order valence-electron chi connectivity index (χ2n) is 4.45. The number of aromatic amines is 1. The van der Waals surface area contributed by atoms with Gasteiger partial charge < -0.3 is 9.88 Å². The van der Waals surface area contributed by atoms with Crippen LogP contribution in [-0.4, -0.2) is 14.8 Å². The Hall–Kier alpha value is -2.06. The van der Waals surface area contributed by atoms with Gasteiger partial charge in [-0.25, -0.2) is 0 Å². The van der Waals surface area contributed by atoms with Crippen LogP contribution in [-0.2, 0) is 13.6 Å². The minimum Gasteiger partial charge on any atom is -0.340 e. The average Bonchev–Trinajstić information content (AvgIpc) is 2.98. The molecule has 0 radical (unpaired) electrons. The lowest BCUT2D eigenvalue weighted by atomic mass is 10.1. The van der Waals surface area contributed by atoms with E-state index < -0.39 is 0 Å². The summed E-state index contributed by atoms with van der Waals surface area (Å²) in [6.07, 6.45) is 3.70. The SMILES string of the molecule is Cc1c(CNC(C)c2cn[nH]c2)cc(C#N)n1C. The Morgan fingerprint density at radius 2 is 2.39 bits per heavy atom. The lowest BCUT2D eigenvalue weighted by Crippen LogP contribution is -2.18. The van der Waals surface area contributed by atoms with E-state index in [-0.39, 0.29) is 6.04 Å². The highest BCUT2D eigenvalue weighted by molar-refractivity contribution is 5.34. The zero-order chi connectivity index (χ0) is 13.1. The molecule has 94 valence electrons. The molecule has 2 aromatic rings. The van der Waals surface area contributed by atoms with Crippen LogP contribution in [0.3, 0.4) is 0 Å². The van der Waals surface area contributed by atoms with Gasteiger partial charge >= 0.3 is 0 Å². The molecule has 0 aromatic carbocycles. The molecule has 1 atom stereocenters. The molecule has 0 bridgehead atoms. The van der Waals surface area contributed by atoms with Crippen molar-refractivity contribution in [3.8, 4) is 6.07 Å². The fourth-order valence-corrected chi connectivity index (χ4v) is 1.93. The van der Waals surface area contributed by atoms with Gasteiger partial charge in [-0.2, -0.15) is 10.4 Å². The van der Waals surface area contributed by atoms with Crippen LogP contribution in [0.1, 0.15) is 35.5 Å². The van der Waals surface area contributed by atoms with Crippen LogP contribution in [0, 0.1) is 18.3 Å². The lowest BCUT2D eigenvalue weighted by molar-refractivity contribution is 0.573. The molecule has 5 nitrogen and oxygen atoms in total. The smallest absolute Gasteiger partial charge is 0.120 e. The van der Waals surface area contributed by atoms with E-state index in [1.165, 1.54) is 0 Å². The first kappa shape index (κ1) is 12.4. The molecule has 0 aliphatic rings. The van der Waals surface area contributed by atoms with Gasteiger partial charge in [-0.3, -0.25) is 5.10 Å². The summed E-state index contributed by atoms with van der Waals surface area (Å²) in [5, 5.41) is 19.1. The van der Waals surface area contributed by atoms with Gasteiger partial charge in [0.1, 0.15) is 11.8 Å². The molecular formula is C13H17N5. The monoisotopic (exact) mass is 243 g/mol. The third-order valence-corrected chi connectivity index (χ3v) is 3.37. The van der Waals surface area contributed by atoms with Gasteiger partial charge in [0.2, 0.25) is 0 Å². The molecule has 2 N–H and O–H groups in total. The predicted octanol–water partition coefficient (Wildman–Crippen LogP) is 1.78. The van der Waals surface area contributed by atoms with Gasteiger partial charge in [-0.15, -0.1) is 0 Å². The van der Waals surface area contributed by atoms with E-state index >= 15 is 0 Å². The second-order valence-corrected chi connectivity index (χ2v) is 4.45. The quantitative estimate of drug-likeness (QED) is 0.860. The van der Waals surface area contributed by atoms with Crippen molar-refractivity contribution in [3.05, 3.63) is 41.0 Å². The Bertz CT molecular complexity index is 559. The van der Waals surface area contributed by atoms with E-state index in [1.807, 2.05) is 37.0 Å². The normalized spacial score (nSPS) is 12.3. The van der Waals surface area contributed by atoms with Gasteiger partial charge in [-0.1, -0.05) is 0 Å². The van der Waals surface area contributed by atoms with Crippen molar-refractivity contribution in [2.24, 2.45) is 7.05 Å². The van der Waals surface area contributed by atoms with Crippen molar-refractivity contribution in [1.82, 2.24) is 20.1 Å². The maximum atomic E-state index is 8.98. The molecule has 2 aromatic heterocycles. The molecular weight excluding hydrogens is 226 g/mol. The molecule has 2 heterocycles. The summed E-state index contributed by atoms with van der Waals surface area (Å²) in [5.74, 6) is 0. The van der Waals surface area contributed by atoms with Gasteiger partial charge in [0.15, 0.2) is 0 Å². The zero-order valence-corrected chi connectivity index (χ0v) is 10.9. The fourth-order valence-electron chi connectivity index (χ4n) is 1.93. The van der Waals surface area contributed by atoms with Crippen LogP contribution in [0.5, 0.6) is 0 Å². The second kappa shape index (κ2) is 5.07. The number of nitrogens with one attached hydrogen (secondary N) is 2. The number of nitriles is 1. The molecule has 2 rings (SSSR count). The van der Waals surface area contributed by atoms with Crippen LogP contribution in [0.2, 0.25) is 0 Å². The van der Waals surface area contributed by atoms with Gasteiger partial charge in [-0.05, 0) is 25.5 Å². The van der Waals surface area contributed by atoms with Crippen molar-refractivity contribution in [2.75, 3.05) is 0 Å². The summed E-state index contributed by atoms with van der Waals surface area (Å²) in [7, 11) is 1.91. The number of rotatable bonds is 4. The van der Waals surface area contributed by atoms with E-state index in [4.69, 9.17) is 5.26 Å². The lowest BCUT2D eigenvalue weighted by Gasteiger charge is -2.11. The number of hydrogen-bond acceptors (Lipinski definition) is 3. The summed E-state index contributed by atoms with van der Waals surface area (Å²) in [6, 6.07) is 4.36. The maximum Gasteiger partial charge on any atom is 0.120 e. The van der Waals surface area contributed by atoms with E-state index in [0.29, 0.717) is 5.69 Å².